The van der Waals surface area contributed by atoms with Gasteiger partial charge in [-0.3, -0.25) is 0 Å². The number of benzene rings is 1. The summed E-state index contributed by atoms with van der Waals surface area (Å²) in [5.74, 6) is 0. The van der Waals surface area contributed by atoms with E-state index in [1.54, 1.807) is 0 Å². The minimum atomic E-state index is -3.41. The lowest BCUT2D eigenvalue weighted by Gasteiger charge is -2.22. The van der Waals surface area contributed by atoms with Gasteiger partial charge < -0.3 is 0 Å². The van der Waals surface area contributed by atoms with Crippen molar-refractivity contribution < 1.29 is 8.42 Å². The van der Waals surface area contributed by atoms with Gasteiger partial charge in [-0.15, -0.1) is 0 Å². The lowest BCUT2D eigenvalue weighted by atomic mass is 9.90. The number of hydrogen-bond donors (Lipinski definition) is 0. The van der Waals surface area contributed by atoms with E-state index in [4.69, 9.17) is 10.7 Å². The van der Waals surface area contributed by atoms with Gasteiger partial charge in [0, 0.05) is 10.7 Å². The van der Waals surface area contributed by atoms with Crippen LogP contribution in [0, 0.1) is 6.92 Å². The Morgan fingerprint density at radius 2 is 2.07 bits per heavy atom. The van der Waals surface area contributed by atoms with E-state index in [1.807, 2.05) is 6.92 Å². The summed E-state index contributed by atoms with van der Waals surface area (Å²) in [6, 6.07) is 6.21. The summed E-state index contributed by atoms with van der Waals surface area (Å²) >= 11 is 0. The predicted molar refractivity (Wildman–Crippen MR) is 61.8 cm³/mol. The fourth-order valence-corrected chi connectivity index (χ4v) is 3.33. The lowest BCUT2D eigenvalue weighted by molar-refractivity contribution is 0.575. The first-order valence-electron chi connectivity index (χ1n) is 4.98. The molecule has 0 unspecified atom stereocenters. The number of fused-ring (bicyclic) bond motifs is 1. The van der Waals surface area contributed by atoms with Gasteiger partial charge in [0.1, 0.15) is 0 Å². The molecule has 0 saturated heterocycles. The summed E-state index contributed by atoms with van der Waals surface area (Å²) in [6.07, 6.45) is 2.01. The molecule has 1 aliphatic carbocycles. The van der Waals surface area contributed by atoms with Gasteiger partial charge in [0.25, 0.3) is 0 Å². The zero-order valence-electron chi connectivity index (χ0n) is 8.53. The highest BCUT2D eigenvalue weighted by molar-refractivity contribution is 8.14. The summed E-state index contributed by atoms with van der Waals surface area (Å²) in [5.41, 5.74) is 3.56. The van der Waals surface area contributed by atoms with Crippen molar-refractivity contribution in [3.63, 3.8) is 0 Å². The van der Waals surface area contributed by atoms with E-state index in [-0.39, 0.29) is 0 Å². The van der Waals surface area contributed by atoms with Crippen LogP contribution in [0.3, 0.4) is 0 Å². The number of aryl methyl sites for hydroxylation is 2. The molecule has 4 heteroatoms. The topological polar surface area (TPSA) is 34.1 Å². The van der Waals surface area contributed by atoms with Gasteiger partial charge in [-0.25, -0.2) is 8.42 Å². The maximum atomic E-state index is 11.2. The molecule has 1 aromatic rings. The second-order valence-corrected chi connectivity index (χ2v) is 7.02. The van der Waals surface area contributed by atoms with Crippen molar-refractivity contribution in [3.05, 3.63) is 34.9 Å². The van der Waals surface area contributed by atoms with Crippen LogP contribution in [0.15, 0.2) is 18.2 Å². The largest absolute Gasteiger partial charge is 0.235 e. The Balaban J connectivity index is 2.34. The van der Waals surface area contributed by atoms with Crippen molar-refractivity contribution in [3.8, 4) is 0 Å². The van der Waals surface area contributed by atoms with Crippen molar-refractivity contribution in [1.29, 1.82) is 0 Å². The second kappa shape index (κ2) is 3.80. The average molecular weight is 245 g/mol. The molecule has 0 spiro atoms. The Morgan fingerprint density at radius 1 is 1.33 bits per heavy atom. The van der Waals surface area contributed by atoms with Crippen LogP contribution >= 0.6 is 10.7 Å². The molecule has 1 aliphatic rings. The molecule has 1 aromatic carbocycles. The first-order chi connectivity index (χ1) is 6.97. The maximum Gasteiger partial charge on any atom is 0.235 e. The molecular weight excluding hydrogens is 232 g/mol. The summed E-state index contributed by atoms with van der Waals surface area (Å²) in [5, 5.41) is -0.409. The molecule has 2 rings (SSSR count). The van der Waals surface area contributed by atoms with E-state index in [0.717, 1.165) is 12.0 Å². The highest BCUT2D eigenvalue weighted by Gasteiger charge is 2.27. The minimum Gasteiger partial charge on any atom is -0.212 e. The summed E-state index contributed by atoms with van der Waals surface area (Å²) in [7, 11) is 1.98. The van der Waals surface area contributed by atoms with Crippen LogP contribution in [0.2, 0.25) is 0 Å². The van der Waals surface area contributed by atoms with E-state index >= 15 is 0 Å². The molecule has 0 fully saturated rings. The van der Waals surface area contributed by atoms with Gasteiger partial charge in [-0.2, -0.15) is 0 Å². The first-order valence-corrected chi connectivity index (χ1v) is 7.36. The van der Waals surface area contributed by atoms with Crippen LogP contribution in [0.1, 0.15) is 23.1 Å². The molecule has 0 radical (unpaired) electrons. The smallest absolute Gasteiger partial charge is 0.212 e. The van der Waals surface area contributed by atoms with Crippen LogP contribution in [-0.2, 0) is 21.9 Å². The quantitative estimate of drug-likeness (QED) is 0.711. The number of hydrogen-bond acceptors (Lipinski definition) is 2. The highest BCUT2D eigenvalue weighted by atomic mass is 35.7. The summed E-state index contributed by atoms with van der Waals surface area (Å²) in [4.78, 5) is 0. The Morgan fingerprint density at radius 3 is 2.73 bits per heavy atom. The normalized spacial score (nSPS) is 21.1. The molecular formula is C11H13ClO2S. The molecule has 0 saturated carbocycles. The molecule has 15 heavy (non-hydrogen) atoms. The highest BCUT2D eigenvalue weighted by Crippen LogP contribution is 2.27. The Bertz CT molecular complexity index is 479. The molecule has 2 nitrogen and oxygen atoms in total. The Labute approximate surface area is 94.7 Å². The molecule has 0 heterocycles. The fraction of sp³-hybridized carbons (Fsp3) is 0.455. The molecule has 0 aliphatic heterocycles. The molecule has 82 valence electrons. The van der Waals surface area contributed by atoms with Gasteiger partial charge in [-0.1, -0.05) is 23.8 Å². The molecule has 0 amide bonds. The third-order valence-corrected chi connectivity index (χ3v) is 4.90. The summed E-state index contributed by atoms with van der Waals surface area (Å²) < 4.78 is 22.5. The third-order valence-electron chi connectivity index (χ3n) is 2.94. The zero-order valence-corrected chi connectivity index (χ0v) is 10.1. The second-order valence-electron chi connectivity index (χ2n) is 4.11. The fourth-order valence-electron chi connectivity index (χ4n) is 2.09. The van der Waals surface area contributed by atoms with Gasteiger partial charge in [-0.05, 0) is 37.3 Å². The van der Waals surface area contributed by atoms with E-state index in [1.165, 1.54) is 11.1 Å². The van der Waals surface area contributed by atoms with Gasteiger partial charge in [0.05, 0.1) is 5.25 Å². The predicted octanol–water partition coefficient (Wildman–Crippen LogP) is 2.42. The van der Waals surface area contributed by atoms with Crippen LogP contribution in [-0.4, -0.2) is 13.7 Å². The van der Waals surface area contributed by atoms with Crippen LogP contribution in [0.25, 0.3) is 0 Å². The standard InChI is InChI=1S/C11H13ClO2S/c1-8-2-3-9-4-5-11(15(12,13)14)7-10(9)6-8/h2-3,6,11H,4-5,7H2,1H3/t11-/m0/s1. The van der Waals surface area contributed by atoms with Gasteiger partial charge in [0.15, 0.2) is 0 Å². The van der Waals surface area contributed by atoms with Gasteiger partial charge >= 0.3 is 0 Å². The maximum absolute atomic E-state index is 11.2. The molecule has 0 N–H and O–H groups in total. The minimum absolute atomic E-state index is 0.409. The van der Waals surface area contributed by atoms with E-state index in [0.29, 0.717) is 12.8 Å². The summed E-state index contributed by atoms with van der Waals surface area (Å²) in [6.45, 7) is 2.01. The first kappa shape index (κ1) is 11.0. The third kappa shape index (κ3) is 2.34. The monoisotopic (exact) mass is 244 g/mol. The van der Waals surface area contributed by atoms with Crippen LogP contribution in [0.5, 0.6) is 0 Å². The molecule has 0 aromatic heterocycles. The zero-order chi connectivity index (χ0) is 11.1. The number of halogens is 1. The molecule has 1 atom stereocenters. The SMILES string of the molecule is Cc1ccc2c(c1)C[C@@H](S(=O)(=O)Cl)CC2. The van der Waals surface area contributed by atoms with Crippen LogP contribution in [0.4, 0.5) is 0 Å². The van der Waals surface area contributed by atoms with Crippen molar-refractivity contribution in [2.24, 2.45) is 0 Å². The van der Waals surface area contributed by atoms with Crippen molar-refractivity contribution in [2.45, 2.75) is 31.4 Å². The van der Waals surface area contributed by atoms with Crippen LogP contribution < -0.4 is 0 Å². The molecule has 0 bridgehead atoms. The van der Waals surface area contributed by atoms with E-state index in [9.17, 15) is 8.42 Å². The van der Waals surface area contributed by atoms with Crippen molar-refractivity contribution >= 4 is 19.7 Å². The number of rotatable bonds is 1. The van der Waals surface area contributed by atoms with E-state index in [2.05, 4.69) is 18.2 Å². The van der Waals surface area contributed by atoms with Crippen molar-refractivity contribution in [1.82, 2.24) is 0 Å². The Kier molecular flexibility index (Phi) is 2.77. The van der Waals surface area contributed by atoms with E-state index < -0.39 is 14.3 Å². The van der Waals surface area contributed by atoms with Gasteiger partial charge in [0.2, 0.25) is 9.05 Å². The Hall–Kier alpha value is -0.540. The average Bonchev–Trinajstić information content (AvgIpc) is 2.15. The lowest BCUT2D eigenvalue weighted by Crippen LogP contribution is -2.24. The van der Waals surface area contributed by atoms with Crippen molar-refractivity contribution in [2.75, 3.05) is 0 Å².